The summed E-state index contributed by atoms with van der Waals surface area (Å²) in [5.74, 6) is -3.92. The lowest BCUT2D eigenvalue weighted by molar-refractivity contribution is -0.114. The zero-order valence-corrected chi connectivity index (χ0v) is 14.0. The standard InChI is InChI=1S/C20H15F3N2O2/c21-14-10-11-16(20(23)19(14)22)25-18(26)12-24-15-8-4-5-9-17(15)27-13-6-2-1-3-7-13/h1-11,24H,12H2,(H,25,26). The Morgan fingerprint density at radius 2 is 1.52 bits per heavy atom. The summed E-state index contributed by atoms with van der Waals surface area (Å²) in [6, 6.07) is 17.8. The second-order valence-corrected chi connectivity index (χ2v) is 5.54. The van der Waals surface area contributed by atoms with Crippen molar-refractivity contribution in [2.45, 2.75) is 0 Å². The van der Waals surface area contributed by atoms with E-state index in [-0.39, 0.29) is 6.54 Å². The van der Waals surface area contributed by atoms with E-state index in [0.717, 1.165) is 12.1 Å². The maximum absolute atomic E-state index is 13.6. The van der Waals surface area contributed by atoms with Crippen molar-refractivity contribution < 1.29 is 22.7 Å². The number of nitrogens with one attached hydrogen (secondary N) is 2. The van der Waals surface area contributed by atoms with Gasteiger partial charge in [0.05, 0.1) is 17.9 Å². The Balaban J connectivity index is 1.65. The predicted octanol–water partition coefficient (Wildman–Crippen LogP) is 4.95. The van der Waals surface area contributed by atoms with Crippen molar-refractivity contribution in [2.24, 2.45) is 0 Å². The number of carbonyl (C=O) groups excluding carboxylic acids is 1. The number of para-hydroxylation sites is 3. The van der Waals surface area contributed by atoms with Crippen molar-refractivity contribution in [2.75, 3.05) is 17.2 Å². The van der Waals surface area contributed by atoms with Crippen LogP contribution < -0.4 is 15.4 Å². The highest BCUT2D eigenvalue weighted by Crippen LogP contribution is 2.29. The van der Waals surface area contributed by atoms with Gasteiger partial charge >= 0.3 is 0 Å². The summed E-state index contributed by atoms with van der Waals surface area (Å²) < 4.78 is 45.5. The fourth-order valence-electron chi connectivity index (χ4n) is 2.31. The third kappa shape index (κ3) is 4.58. The highest BCUT2D eigenvalue weighted by atomic mass is 19.2. The minimum absolute atomic E-state index is 0.229. The third-order valence-electron chi connectivity index (χ3n) is 3.61. The summed E-state index contributed by atoms with van der Waals surface area (Å²) in [5, 5.41) is 5.07. The van der Waals surface area contributed by atoms with Gasteiger partial charge in [-0.1, -0.05) is 30.3 Å². The van der Waals surface area contributed by atoms with Crippen LogP contribution in [0.25, 0.3) is 0 Å². The number of benzene rings is 3. The monoisotopic (exact) mass is 372 g/mol. The van der Waals surface area contributed by atoms with Crippen LogP contribution in [0.3, 0.4) is 0 Å². The molecule has 0 heterocycles. The van der Waals surface area contributed by atoms with Crippen LogP contribution in [0.4, 0.5) is 24.5 Å². The Morgan fingerprint density at radius 3 is 2.30 bits per heavy atom. The molecule has 0 bridgehead atoms. The van der Waals surface area contributed by atoms with Crippen LogP contribution in [0.1, 0.15) is 0 Å². The Bertz CT molecular complexity index is 949. The topological polar surface area (TPSA) is 50.4 Å². The zero-order valence-electron chi connectivity index (χ0n) is 14.0. The molecule has 0 atom stereocenters. The van der Waals surface area contributed by atoms with Crippen LogP contribution in [0.2, 0.25) is 0 Å². The molecule has 0 fully saturated rings. The zero-order chi connectivity index (χ0) is 19.2. The van der Waals surface area contributed by atoms with Gasteiger partial charge in [0, 0.05) is 0 Å². The molecule has 0 saturated heterocycles. The van der Waals surface area contributed by atoms with E-state index in [2.05, 4.69) is 10.6 Å². The molecule has 0 aliphatic heterocycles. The second kappa shape index (κ2) is 8.27. The van der Waals surface area contributed by atoms with E-state index >= 15 is 0 Å². The quantitative estimate of drug-likeness (QED) is 0.602. The number of carbonyl (C=O) groups is 1. The van der Waals surface area contributed by atoms with Crippen LogP contribution in [-0.2, 0) is 4.79 Å². The van der Waals surface area contributed by atoms with E-state index in [1.54, 1.807) is 36.4 Å². The molecule has 0 aliphatic rings. The van der Waals surface area contributed by atoms with Crippen molar-refractivity contribution in [1.29, 1.82) is 0 Å². The van der Waals surface area contributed by atoms with Gasteiger partial charge in [-0.15, -0.1) is 0 Å². The van der Waals surface area contributed by atoms with Crippen LogP contribution >= 0.6 is 0 Å². The van der Waals surface area contributed by atoms with Crippen LogP contribution in [0.5, 0.6) is 11.5 Å². The molecule has 0 aliphatic carbocycles. The molecule has 4 nitrogen and oxygen atoms in total. The molecule has 3 aromatic carbocycles. The van der Waals surface area contributed by atoms with Gasteiger partial charge in [-0.3, -0.25) is 4.79 Å². The Morgan fingerprint density at radius 1 is 0.815 bits per heavy atom. The summed E-state index contributed by atoms with van der Waals surface area (Å²) in [7, 11) is 0. The van der Waals surface area contributed by atoms with E-state index in [1.807, 2.05) is 18.2 Å². The smallest absolute Gasteiger partial charge is 0.243 e. The first-order chi connectivity index (χ1) is 13.0. The number of hydrogen-bond acceptors (Lipinski definition) is 3. The van der Waals surface area contributed by atoms with Crippen molar-refractivity contribution in [3.63, 3.8) is 0 Å². The van der Waals surface area contributed by atoms with E-state index in [0.29, 0.717) is 17.2 Å². The molecule has 0 saturated carbocycles. The van der Waals surface area contributed by atoms with Gasteiger partial charge in [0.1, 0.15) is 5.75 Å². The molecule has 0 aromatic heterocycles. The summed E-state index contributed by atoms with van der Waals surface area (Å²) in [5.41, 5.74) is 0.108. The SMILES string of the molecule is O=C(CNc1ccccc1Oc1ccccc1)Nc1ccc(F)c(F)c1F. The molecule has 0 radical (unpaired) electrons. The number of rotatable bonds is 6. The van der Waals surface area contributed by atoms with E-state index < -0.39 is 29.0 Å². The number of anilines is 2. The molecule has 1 amide bonds. The molecule has 3 aromatic rings. The highest BCUT2D eigenvalue weighted by Gasteiger charge is 2.15. The first-order valence-electron chi connectivity index (χ1n) is 8.04. The van der Waals surface area contributed by atoms with Gasteiger partial charge in [-0.25, -0.2) is 13.2 Å². The minimum atomic E-state index is -1.64. The minimum Gasteiger partial charge on any atom is -0.455 e. The van der Waals surface area contributed by atoms with Gasteiger partial charge in [0.25, 0.3) is 0 Å². The maximum Gasteiger partial charge on any atom is 0.243 e. The highest BCUT2D eigenvalue weighted by molar-refractivity contribution is 5.94. The first-order valence-corrected chi connectivity index (χ1v) is 8.04. The molecule has 3 rings (SSSR count). The lowest BCUT2D eigenvalue weighted by Crippen LogP contribution is -2.22. The van der Waals surface area contributed by atoms with Crippen LogP contribution in [-0.4, -0.2) is 12.5 Å². The van der Waals surface area contributed by atoms with Crippen LogP contribution in [0, 0.1) is 17.5 Å². The predicted molar refractivity (Wildman–Crippen MR) is 96.4 cm³/mol. The molecule has 7 heteroatoms. The fraction of sp³-hybridized carbons (Fsp3) is 0.0500. The lowest BCUT2D eigenvalue weighted by Gasteiger charge is -2.13. The number of amides is 1. The molecule has 2 N–H and O–H groups in total. The van der Waals surface area contributed by atoms with Gasteiger partial charge in [-0.05, 0) is 36.4 Å². The van der Waals surface area contributed by atoms with Crippen molar-refractivity contribution in [3.05, 3.63) is 84.2 Å². The molecular formula is C20H15F3N2O2. The summed E-state index contributed by atoms with van der Waals surface area (Å²) in [6.07, 6.45) is 0. The Kier molecular flexibility index (Phi) is 5.61. The van der Waals surface area contributed by atoms with E-state index in [4.69, 9.17) is 4.74 Å². The average Bonchev–Trinajstić information content (AvgIpc) is 2.68. The van der Waals surface area contributed by atoms with Crippen molar-refractivity contribution >= 4 is 17.3 Å². The Hall–Kier alpha value is -3.48. The number of ether oxygens (including phenoxy) is 1. The molecule has 0 spiro atoms. The molecule has 138 valence electrons. The normalized spacial score (nSPS) is 10.3. The molecule has 27 heavy (non-hydrogen) atoms. The van der Waals surface area contributed by atoms with Crippen molar-refractivity contribution in [3.8, 4) is 11.5 Å². The summed E-state index contributed by atoms with van der Waals surface area (Å²) >= 11 is 0. The van der Waals surface area contributed by atoms with Gasteiger partial charge in [-0.2, -0.15) is 0 Å². The van der Waals surface area contributed by atoms with Crippen molar-refractivity contribution in [1.82, 2.24) is 0 Å². The van der Waals surface area contributed by atoms with Crippen LogP contribution in [0.15, 0.2) is 66.7 Å². The molecular weight excluding hydrogens is 357 g/mol. The fourth-order valence-corrected chi connectivity index (χ4v) is 2.31. The summed E-state index contributed by atoms with van der Waals surface area (Å²) in [4.78, 5) is 12.0. The second-order valence-electron chi connectivity index (χ2n) is 5.54. The van der Waals surface area contributed by atoms with E-state index in [9.17, 15) is 18.0 Å². The van der Waals surface area contributed by atoms with Gasteiger partial charge < -0.3 is 15.4 Å². The number of hydrogen-bond donors (Lipinski definition) is 2. The number of halogens is 3. The largest absolute Gasteiger partial charge is 0.455 e. The van der Waals surface area contributed by atoms with Gasteiger partial charge in [0.2, 0.25) is 5.91 Å². The third-order valence-corrected chi connectivity index (χ3v) is 3.61. The maximum atomic E-state index is 13.6. The first kappa shape index (κ1) is 18.3. The molecule has 0 unspecified atom stereocenters. The Labute approximate surface area is 153 Å². The summed E-state index contributed by atoms with van der Waals surface area (Å²) in [6.45, 7) is -0.229. The average molecular weight is 372 g/mol. The van der Waals surface area contributed by atoms with Gasteiger partial charge in [0.15, 0.2) is 23.2 Å². The van der Waals surface area contributed by atoms with E-state index in [1.165, 1.54) is 0 Å². The lowest BCUT2D eigenvalue weighted by atomic mass is 10.2.